The molecule has 0 unspecified atom stereocenters. The Bertz CT molecular complexity index is 568. The molecule has 0 fully saturated rings. The Labute approximate surface area is 107 Å². The van der Waals surface area contributed by atoms with Gasteiger partial charge in [0.25, 0.3) is 0 Å². The fourth-order valence-electron chi connectivity index (χ4n) is 2.04. The van der Waals surface area contributed by atoms with Crippen LogP contribution in [0.4, 0.5) is 0 Å². The second kappa shape index (κ2) is 5.69. The van der Waals surface area contributed by atoms with Crippen LogP contribution in [0.1, 0.15) is 24.5 Å². The van der Waals surface area contributed by atoms with Crippen molar-refractivity contribution in [1.29, 1.82) is 0 Å². The molecule has 1 heterocycles. The van der Waals surface area contributed by atoms with Crippen LogP contribution >= 0.6 is 0 Å². The number of imidazole rings is 1. The fraction of sp³-hybridized carbons (Fsp3) is 0.357. The van der Waals surface area contributed by atoms with Crippen molar-refractivity contribution in [2.45, 2.75) is 33.0 Å². The van der Waals surface area contributed by atoms with E-state index in [1.165, 1.54) is 0 Å². The number of hydrogen-bond donors (Lipinski definition) is 1. The van der Waals surface area contributed by atoms with Crippen LogP contribution in [0.25, 0.3) is 0 Å². The minimum Gasteiger partial charge on any atom is -0.326 e. The predicted octanol–water partition coefficient (Wildman–Crippen LogP) is 1.57. The van der Waals surface area contributed by atoms with E-state index in [0.29, 0.717) is 13.1 Å². The number of aryl methyl sites for hydroxylation is 1. The molecule has 0 aliphatic carbocycles. The Morgan fingerprint density at radius 1 is 1.17 bits per heavy atom. The fourth-order valence-corrected chi connectivity index (χ4v) is 2.04. The quantitative estimate of drug-likeness (QED) is 0.869. The number of rotatable bonds is 5. The summed E-state index contributed by atoms with van der Waals surface area (Å²) in [7, 11) is 0. The average Bonchev–Trinajstić information content (AvgIpc) is 2.72. The van der Waals surface area contributed by atoms with Crippen molar-refractivity contribution in [3.63, 3.8) is 0 Å². The van der Waals surface area contributed by atoms with Crippen molar-refractivity contribution in [3.05, 3.63) is 58.3 Å². The van der Waals surface area contributed by atoms with Crippen LogP contribution in [0.5, 0.6) is 0 Å². The zero-order valence-corrected chi connectivity index (χ0v) is 10.7. The lowest BCUT2D eigenvalue weighted by Gasteiger charge is -2.04. The molecule has 0 aliphatic heterocycles. The van der Waals surface area contributed by atoms with Gasteiger partial charge in [0.15, 0.2) is 0 Å². The van der Waals surface area contributed by atoms with E-state index in [4.69, 9.17) is 5.73 Å². The van der Waals surface area contributed by atoms with Crippen LogP contribution in [-0.2, 0) is 19.6 Å². The first-order chi connectivity index (χ1) is 8.74. The van der Waals surface area contributed by atoms with E-state index in [-0.39, 0.29) is 5.69 Å². The highest BCUT2D eigenvalue weighted by Gasteiger charge is 2.03. The molecule has 1 aromatic heterocycles. The molecule has 2 rings (SSSR count). The largest absolute Gasteiger partial charge is 0.328 e. The van der Waals surface area contributed by atoms with Gasteiger partial charge >= 0.3 is 5.69 Å². The molecule has 2 N–H and O–H groups in total. The average molecular weight is 245 g/mol. The lowest BCUT2D eigenvalue weighted by atomic mass is 10.1. The molecule has 0 saturated heterocycles. The Kier molecular flexibility index (Phi) is 3.99. The van der Waals surface area contributed by atoms with E-state index >= 15 is 0 Å². The lowest BCUT2D eigenvalue weighted by Crippen LogP contribution is -2.24. The van der Waals surface area contributed by atoms with E-state index in [1.807, 2.05) is 36.7 Å². The molecule has 0 spiro atoms. The molecule has 4 heteroatoms. The second-order valence-electron chi connectivity index (χ2n) is 4.43. The van der Waals surface area contributed by atoms with Crippen LogP contribution in [0.3, 0.4) is 0 Å². The summed E-state index contributed by atoms with van der Waals surface area (Å²) >= 11 is 0. The molecule has 1 aromatic carbocycles. The number of hydrogen-bond acceptors (Lipinski definition) is 2. The summed E-state index contributed by atoms with van der Waals surface area (Å²) in [6.45, 7) is 3.96. The van der Waals surface area contributed by atoms with Gasteiger partial charge in [0.05, 0.1) is 6.54 Å². The summed E-state index contributed by atoms with van der Waals surface area (Å²) in [5.74, 6) is 0. The zero-order valence-electron chi connectivity index (χ0n) is 10.7. The normalized spacial score (nSPS) is 10.8. The van der Waals surface area contributed by atoms with Crippen molar-refractivity contribution >= 4 is 0 Å². The topological polar surface area (TPSA) is 52.9 Å². The standard InChI is InChI=1S/C14H19N3O/c1-2-6-16-7-8-17(14(16)18)11-13-5-3-4-12(9-13)10-15/h3-5,7-9H,2,6,10-11,15H2,1H3. The molecule has 18 heavy (non-hydrogen) atoms. The molecule has 2 aromatic rings. The SMILES string of the molecule is CCCn1ccn(Cc2cccc(CN)c2)c1=O. The van der Waals surface area contributed by atoms with E-state index in [9.17, 15) is 4.79 Å². The van der Waals surface area contributed by atoms with Crippen LogP contribution in [0, 0.1) is 0 Å². The van der Waals surface area contributed by atoms with Gasteiger partial charge in [-0.25, -0.2) is 4.79 Å². The zero-order chi connectivity index (χ0) is 13.0. The maximum Gasteiger partial charge on any atom is 0.328 e. The van der Waals surface area contributed by atoms with Gasteiger partial charge in [0, 0.05) is 25.5 Å². The third-order valence-electron chi connectivity index (χ3n) is 2.96. The summed E-state index contributed by atoms with van der Waals surface area (Å²) < 4.78 is 3.47. The molecule has 96 valence electrons. The minimum atomic E-state index is 0.0509. The lowest BCUT2D eigenvalue weighted by molar-refractivity contribution is 0.624. The molecule has 0 amide bonds. The van der Waals surface area contributed by atoms with Gasteiger partial charge in [0.2, 0.25) is 0 Å². The van der Waals surface area contributed by atoms with Gasteiger partial charge in [-0.1, -0.05) is 31.2 Å². The highest BCUT2D eigenvalue weighted by molar-refractivity contribution is 5.23. The molecule has 0 atom stereocenters. The molecule has 4 nitrogen and oxygen atoms in total. The summed E-state index contributed by atoms with van der Waals surface area (Å²) in [6.07, 6.45) is 4.65. The minimum absolute atomic E-state index is 0.0509. The van der Waals surface area contributed by atoms with E-state index < -0.39 is 0 Å². The maximum atomic E-state index is 12.0. The molecule has 0 bridgehead atoms. The monoisotopic (exact) mass is 245 g/mol. The summed E-state index contributed by atoms with van der Waals surface area (Å²) in [5, 5.41) is 0. The van der Waals surface area contributed by atoms with E-state index in [2.05, 4.69) is 6.92 Å². The van der Waals surface area contributed by atoms with Gasteiger partial charge in [-0.05, 0) is 17.5 Å². The van der Waals surface area contributed by atoms with Crippen molar-refractivity contribution in [1.82, 2.24) is 9.13 Å². The number of nitrogens with two attached hydrogens (primary N) is 1. The molecular weight excluding hydrogens is 226 g/mol. The van der Waals surface area contributed by atoms with Gasteiger partial charge in [-0.2, -0.15) is 0 Å². The van der Waals surface area contributed by atoms with Crippen LogP contribution in [0.2, 0.25) is 0 Å². The third-order valence-corrected chi connectivity index (χ3v) is 2.96. The Hall–Kier alpha value is -1.81. The smallest absolute Gasteiger partial charge is 0.326 e. The molecular formula is C14H19N3O. The van der Waals surface area contributed by atoms with Crippen molar-refractivity contribution in [3.8, 4) is 0 Å². The van der Waals surface area contributed by atoms with E-state index in [0.717, 1.165) is 24.1 Å². The van der Waals surface area contributed by atoms with Crippen molar-refractivity contribution < 1.29 is 0 Å². The van der Waals surface area contributed by atoms with Gasteiger partial charge in [0.1, 0.15) is 0 Å². The highest BCUT2D eigenvalue weighted by Crippen LogP contribution is 2.06. The predicted molar refractivity (Wildman–Crippen MR) is 72.4 cm³/mol. The first kappa shape index (κ1) is 12.6. The highest BCUT2D eigenvalue weighted by atomic mass is 16.1. The summed E-state index contributed by atoms with van der Waals surface area (Å²) in [4.78, 5) is 12.0. The van der Waals surface area contributed by atoms with Gasteiger partial charge < -0.3 is 5.73 Å². The number of benzene rings is 1. The Morgan fingerprint density at radius 3 is 2.61 bits per heavy atom. The summed E-state index contributed by atoms with van der Waals surface area (Å²) in [6, 6.07) is 8.03. The first-order valence-electron chi connectivity index (χ1n) is 6.28. The number of aromatic nitrogens is 2. The molecule has 0 aliphatic rings. The molecule has 0 saturated carbocycles. The van der Waals surface area contributed by atoms with Crippen LogP contribution in [-0.4, -0.2) is 9.13 Å². The first-order valence-corrected chi connectivity index (χ1v) is 6.28. The van der Waals surface area contributed by atoms with E-state index in [1.54, 1.807) is 9.13 Å². The maximum absolute atomic E-state index is 12.0. The van der Waals surface area contributed by atoms with Crippen molar-refractivity contribution in [2.24, 2.45) is 5.73 Å². The van der Waals surface area contributed by atoms with Gasteiger partial charge in [-0.15, -0.1) is 0 Å². The van der Waals surface area contributed by atoms with Gasteiger partial charge in [-0.3, -0.25) is 9.13 Å². The summed E-state index contributed by atoms with van der Waals surface area (Å²) in [5.41, 5.74) is 7.86. The second-order valence-corrected chi connectivity index (χ2v) is 4.43. The van der Waals surface area contributed by atoms with Crippen molar-refractivity contribution in [2.75, 3.05) is 0 Å². The Morgan fingerprint density at radius 2 is 1.89 bits per heavy atom. The van der Waals surface area contributed by atoms with Crippen LogP contribution in [0.15, 0.2) is 41.5 Å². The van der Waals surface area contributed by atoms with Crippen LogP contribution < -0.4 is 11.4 Å². The third kappa shape index (κ3) is 2.71. The Balaban J connectivity index is 2.20. The number of nitrogens with zero attached hydrogens (tertiary/aromatic N) is 2. The molecule has 0 radical (unpaired) electrons.